The molecule has 0 aliphatic carbocycles. The zero-order chi connectivity index (χ0) is 17.1. The molecule has 3 atom stereocenters. The fourth-order valence-electron chi connectivity index (χ4n) is 3.05. The number of para-hydroxylation sites is 1. The quantitative estimate of drug-likeness (QED) is 0.859. The smallest absolute Gasteiger partial charge is 0.232 e. The summed E-state index contributed by atoms with van der Waals surface area (Å²) in [5.41, 5.74) is 1.55. The highest BCUT2D eigenvalue weighted by atomic mass is 32.2. The van der Waals surface area contributed by atoms with Gasteiger partial charge < -0.3 is 4.79 Å². The normalized spacial score (nSPS) is 24.0. The third kappa shape index (κ3) is 3.31. The maximum Gasteiger partial charge on any atom is 0.232 e. The van der Waals surface area contributed by atoms with Crippen LogP contribution in [0.4, 0.5) is 5.69 Å². The number of carbonyl (C=O) groups is 2. The maximum absolute atomic E-state index is 13.0. The van der Waals surface area contributed by atoms with E-state index in [1.54, 1.807) is 4.90 Å². The molecule has 0 radical (unpaired) electrons. The van der Waals surface area contributed by atoms with E-state index in [1.165, 1.54) is 6.92 Å². The highest BCUT2D eigenvalue weighted by Gasteiger charge is 2.41. The molecule has 0 aromatic heterocycles. The summed E-state index contributed by atoms with van der Waals surface area (Å²) in [6.45, 7) is 1.46. The fraction of sp³-hybridized carbons (Fsp3) is 0.263. The molecule has 5 heteroatoms. The molecule has 2 aromatic carbocycles. The molecule has 4 nitrogen and oxygen atoms in total. The van der Waals surface area contributed by atoms with E-state index in [0.29, 0.717) is 5.69 Å². The number of benzene rings is 2. The molecule has 0 saturated carbocycles. The Labute approximate surface area is 143 Å². The van der Waals surface area contributed by atoms with E-state index in [-0.39, 0.29) is 23.9 Å². The van der Waals surface area contributed by atoms with Gasteiger partial charge in [0.25, 0.3) is 0 Å². The summed E-state index contributed by atoms with van der Waals surface area (Å²) >= 11 is 0. The fourth-order valence-corrected chi connectivity index (χ4v) is 4.81. The molecule has 0 N–H and O–H groups in total. The Kier molecular flexibility index (Phi) is 4.90. The van der Waals surface area contributed by atoms with Crippen molar-refractivity contribution in [3.05, 3.63) is 66.2 Å². The molecule has 2 aromatic rings. The summed E-state index contributed by atoms with van der Waals surface area (Å²) in [5.74, 6) is -0.494. The standard InChI is InChI=1S/C19H19NO3S/c1-14(21)12-16-13-24(23)19(15-8-4-2-5-9-15)20(18(16)22)17-10-6-3-7-11-17/h2-11,16,19H,12-13H2,1H3. The van der Waals surface area contributed by atoms with Crippen LogP contribution >= 0.6 is 0 Å². The molecular weight excluding hydrogens is 322 g/mol. The zero-order valence-corrected chi connectivity index (χ0v) is 14.2. The van der Waals surface area contributed by atoms with Crippen molar-refractivity contribution in [1.29, 1.82) is 0 Å². The van der Waals surface area contributed by atoms with Crippen molar-refractivity contribution < 1.29 is 13.8 Å². The molecule has 3 unspecified atom stereocenters. The maximum atomic E-state index is 13.0. The van der Waals surface area contributed by atoms with Gasteiger partial charge in [0.05, 0.1) is 16.7 Å². The van der Waals surface area contributed by atoms with Crippen molar-refractivity contribution in [2.24, 2.45) is 5.92 Å². The van der Waals surface area contributed by atoms with Crippen molar-refractivity contribution in [2.75, 3.05) is 10.7 Å². The average molecular weight is 341 g/mol. The second-order valence-corrected chi connectivity index (χ2v) is 7.50. The molecule has 24 heavy (non-hydrogen) atoms. The monoisotopic (exact) mass is 341 g/mol. The van der Waals surface area contributed by atoms with Crippen LogP contribution in [0.5, 0.6) is 0 Å². The molecule has 1 saturated heterocycles. The Bertz CT molecular complexity index is 761. The van der Waals surface area contributed by atoms with E-state index in [2.05, 4.69) is 0 Å². The van der Waals surface area contributed by atoms with Gasteiger partial charge in [-0.3, -0.25) is 13.9 Å². The predicted octanol–water partition coefficient (Wildman–Crippen LogP) is 3.08. The first-order valence-electron chi connectivity index (χ1n) is 7.87. The predicted molar refractivity (Wildman–Crippen MR) is 94.9 cm³/mol. The van der Waals surface area contributed by atoms with Gasteiger partial charge in [0.1, 0.15) is 11.2 Å². The minimum Gasteiger partial charge on any atom is -0.300 e. The van der Waals surface area contributed by atoms with Crippen molar-refractivity contribution in [1.82, 2.24) is 0 Å². The lowest BCUT2D eigenvalue weighted by molar-refractivity contribution is -0.126. The van der Waals surface area contributed by atoms with Gasteiger partial charge in [0.2, 0.25) is 5.91 Å². The Morgan fingerprint density at radius 2 is 1.67 bits per heavy atom. The van der Waals surface area contributed by atoms with E-state index >= 15 is 0 Å². The first kappa shape index (κ1) is 16.6. The van der Waals surface area contributed by atoms with Gasteiger partial charge in [-0.25, -0.2) is 0 Å². The topological polar surface area (TPSA) is 54.5 Å². The van der Waals surface area contributed by atoms with Gasteiger partial charge in [-0.15, -0.1) is 0 Å². The summed E-state index contributed by atoms with van der Waals surface area (Å²) < 4.78 is 12.9. The molecule has 3 rings (SSSR count). The average Bonchev–Trinajstić information content (AvgIpc) is 2.58. The molecule has 1 amide bonds. The van der Waals surface area contributed by atoms with Crippen LogP contribution in [-0.4, -0.2) is 21.7 Å². The van der Waals surface area contributed by atoms with Gasteiger partial charge in [0, 0.05) is 17.9 Å². The third-order valence-electron chi connectivity index (χ3n) is 4.09. The Hall–Kier alpha value is -2.27. The van der Waals surface area contributed by atoms with E-state index < -0.39 is 22.1 Å². The summed E-state index contributed by atoms with van der Waals surface area (Å²) in [5, 5.41) is -0.524. The summed E-state index contributed by atoms with van der Waals surface area (Å²) in [7, 11) is -1.27. The van der Waals surface area contributed by atoms with E-state index in [1.807, 2.05) is 60.7 Å². The number of anilines is 1. The largest absolute Gasteiger partial charge is 0.300 e. The second kappa shape index (κ2) is 7.09. The number of Topliss-reactive ketones (excluding diaryl/α,β-unsaturated/α-hetero) is 1. The van der Waals surface area contributed by atoms with Crippen LogP contribution in [0, 0.1) is 5.92 Å². The Balaban J connectivity index is 2.05. The van der Waals surface area contributed by atoms with E-state index in [9.17, 15) is 13.8 Å². The SMILES string of the molecule is CC(=O)CC1CS(=O)C(c2ccccc2)N(c2ccccc2)C1=O. The van der Waals surface area contributed by atoms with Gasteiger partial charge in [-0.05, 0) is 24.6 Å². The van der Waals surface area contributed by atoms with Crippen LogP contribution < -0.4 is 4.90 Å². The highest BCUT2D eigenvalue weighted by Crippen LogP contribution is 2.36. The van der Waals surface area contributed by atoms with Crippen LogP contribution in [-0.2, 0) is 20.4 Å². The number of nitrogens with zero attached hydrogens (tertiary/aromatic N) is 1. The molecule has 1 aliphatic heterocycles. The second-order valence-electron chi connectivity index (χ2n) is 5.96. The first-order chi connectivity index (χ1) is 11.6. The van der Waals surface area contributed by atoms with Gasteiger partial charge in [-0.2, -0.15) is 0 Å². The first-order valence-corrected chi connectivity index (χ1v) is 9.26. The number of amides is 1. The number of hydrogen-bond acceptors (Lipinski definition) is 3. The van der Waals surface area contributed by atoms with Gasteiger partial charge in [0.15, 0.2) is 0 Å². The molecule has 1 aliphatic rings. The van der Waals surface area contributed by atoms with E-state index in [4.69, 9.17) is 0 Å². The van der Waals surface area contributed by atoms with Crippen LogP contribution in [0.25, 0.3) is 0 Å². The summed E-state index contributed by atoms with van der Waals surface area (Å²) in [4.78, 5) is 26.1. The van der Waals surface area contributed by atoms with Crippen LogP contribution in [0.15, 0.2) is 60.7 Å². The van der Waals surface area contributed by atoms with Gasteiger partial charge in [-0.1, -0.05) is 48.5 Å². The Morgan fingerprint density at radius 1 is 1.08 bits per heavy atom. The molecule has 0 bridgehead atoms. The number of rotatable bonds is 4. The summed E-state index contributed by atoms with van der Waals surface area (Å²) in [6.07, 6.45) is 0.134. The molecule has 1 heterocycles. The van der Waals surface area contributed by atoms with E-state index in [0.717, 1.165) is 5.56 Å². The minimum absolute atomic E-state index is 0.0588. The van der Waals surface area contributed by atoms with Crippen LogP contribution in [0.3, 0.4) is 0 Å². The molecule has 124 valence electrons. The molecular formula is C19H19NO3S. The van der Waals surface area contributed by atoms with Crippen molar-refractivity contribution in [3.8, 4) is 0 Å². The number of ketones is 1. The van der Waals surface area contributed by atoms with Crippen molar-refractivity contribution in [3.63, 3.8) is 0 Å². The van der Waals surface area contributed by atoms with Crippen LogP contribution in [0.1, 0.15) is 24.3 Å². The van der Waals surface area contributed by atoms with Crippen molar-refractivity contribution >= 4 is 28.2 Å². The lowest BCUT2D eigenvalue weighted by Gasteiger charge is -2.38. The van der Waals surface area contributed by atoms with Crippen LogP contribution in [0.2, 0.25) is 0 Å². The Morgan fingerprint density at radius 3 is 2.25 bits per heavy atom. The highest BCUT2D eigenvalue weighted by molar-refractivity contribution is 7.85. The zero-order valence-electron chi connectivity index (χ0n) is 13.4. The molecule has 1 fully saturated rings. The number of hydrogen-bond donors (Lipinski definition) is 0. The lowest BCUT2D eigenvalue weighted by atomic mass is 10.0. The molecule has 0 spiro atoms. The number of carbonyl (C=O) groups excluding carboxylic acids is 2. The third-order valence-corrected chi connectivity index (χ3v) is 5.80. The summed E-state index contributed by atoms with van der Waals surface area (Å²) in [6, 6.07) is 18.7. The minimum atomic E-state index is -1.27. The lowest BCUT2D eigenvalue weighted by Crippen LogP contribution is -2.48. The van der Waals surface area contributed by atoms with Crippen molar-refractivity contribution in [2.45, 2.75) is 18.7 Å². The van der Waals surface area contributed by atoms with Gasteiger partial charge >= 0.3 is 0 Å².